The summed E-state index contributed by atoms with van der Waals surface area (Å²) in [5.41, 5.74) is 5.93. The summed E-state index contributed by atoms with van der Waals surface area (Å²) in [6.45, 7) is 4.26. The second kappa shape index (κ2) is 8.50. The molecule has 20 heavy (non-hydrogen) atoms. The molecule has 0 aliphatic heterocycles. The van der Waals surface area contributed by atoms with Crippen molar-refractivity contribution < 1.29 is 4.74 Å². The van der Waals surface area contributed by atoms with Crippen molar-refractivity contribution in [1.82, 2.24) is 0 Å². The summed E-state index contributed by atoms with van der Waals surface area (Å²) < 4.78 is 7.51. The third-order valence-electron chi connectivity index (χ3n) is 3.26. The zero-order valence-electron chi connectivity index (χ0n) is 12.2. The van der Waals surface area contributed by atoms with Crippen LogP contribution in [0.3, 0.4) is 0 Å². The number of rotatable bonds is 7. The molecule has 2 atom stereocenters. The Kier molecular flexibility index (Phi) is 7.35. The number of hydrogen-bond acceptors (Lipinski definition) is 3. The van der Waals surface area contributed by atoms with E-state index in [-0.39, 0.29) is 24.6 Å². The van der Waals surface area contributed by atoms with Crippen LogP contribution >= 0.6 is 23.7 Å². The van der Waals surface area contributed by atoms with E-state index in [2.05, 4.69) is 36.6 Å². The van der Waals surface area contributed by atoms with Crippen molar-refractivity contribution in [2.45, 2.75) is 51.7 Å². The standard InChI is InChI=1S/C16H23NOS.ClH/c1-3-4-6-13(11-12(2)17)18-15-7-5-8-16-14(15)9-10-19-16;/h5,7-10,12-13H,3-4,6,11,17H2,1-2H3;1H. The predicted octanol–water partition coefficient (Wildman–Crippen LogP) is 5.00. The number of halogens is 1. The molecule has 0 aliphatic rings. The summed E-state index contributed by atoms with van der Waals surface area (Å²) in [7, 11) is 0. The smallest absolute Gasteiger partial charge is 0.128 e. The zero-order valence-corrected chi connectivity index (χ0v) is 13.8. The van der Waals surface area contributed by atoms with E-state index in [1.807, 2.05) is 6.92 Å². The van der Waals surface area contributed by atoms with Gasteiger partial charge in [-0.05, 0) is 43.3 Å². The Morgan fingerprint density at radius 3 is 2.80 bits per heavy atom. The van der Waals surface area contributed by atoms with Gasteiger partial charge in [-0.15, -0.1) is 23.7 Å². The molecule has 2 aromatic rings. The molecule has 2 N–H and O–H groups in total. The molecule has 2 nitrogen and oxygen atoms in total. The lowest BCUT2D eigenvalue weighted by molar-refractivity contribution is 0.173. The van der Waals surface area contributed by atoms with E-state index in [1.54, 1.807) is 11.3 Å². The van der Waals surface area contributed by atoms with Crippen LogP contribution in [0.4, 0.5) is 0 Å². The summed E-state index contributed by atoms with van der Waals surface area (Å²) in [6.07, 6.45) is 4.61. The molecule has 2 rings (SSSR count). The topological polar surface area (TPSA) is 35.2 Å². The minimum absolute atomic E-state index is 0. The second-order valence-electron chi connectivity index (χ2n) is 5.18. The van der Waals surface area contributed by atoms with Crippen LogP contribution in [0.5, 0.6) is 5.75 Å². The number of unbranched alkanes of at least 4 members (excludes halogenated alkanes) is 1. The Balaban J connectivity index is 0.00000200. The fraction of sp³-hybridized carbons (Fsp3) is 0.500. The first-order chi connectivity index (χ1) is 9.20. The maximum atomic E-state index is 6.23. The van der Waals surface area contributed by atoms with Crippen molar-refractivity contribution in [2.24, 2.45) is 5.73 Å². The van der Waals surface area contributed by atoms with Crippen molar-refractivity contribution >= 4 is 33.8 Å². The fourth-order valence-electron chi connectivity index (χ4n) is 2.32. The Morgan fingerprint density at radius 2 is 2.10 bits per heavy atom. The third kappa shape index (κ3) is 4.65. The van der Waals surface area contributed by atoms with E-state index < -0.39 is 0 Å². The molecule has 0 radical (unpaired) electrons. The van der Waals surface area contributed by atoms with E-state index in [0.29, 0.717) is 0 Å². The normalized spacial score (nSPS) is 13.8. The lowest BCUT2D eigenvalue weighted by atomic mass is 10.1. The first-order valence-electron chi connectivity index (χ1n) is 7.09. The van der Waals surface area contributed by atoms with Crippen LogP contribution in [-0.4, -0.2) is 12.1 Å². The fourth-order valence-corrected chi connectivity index (χ4v) is 3.12. The maximum absolute atomic E-state index is 6.23. The monoisotopic (exact) mass is 313 g/mol. The summed E-state index contributed by atoms with van der Waals surface area (Å²) in [5, 5.41) is 3.34. The van der Waals surface area contributed by atoms with Crippen molar-refractivity contribution in [3.8, 4) is 5.75 Å². The van der Waals surface area contributed by atoms with Gasteiger partial charge in [0.05, 0.1) is 0 Å². The molecule has 1 heterocycles. The van der Waals surface area contributed by atoms with E-state index in [4.69, 9.17) is 10.5 Å². The second-order valence-corrected chi connectivity index (χ2v) is 6.13. The van der Waals surface area contributed by atoms with Crippen molar-refractivity contribution in [3.63, 3.8) is 0 Å². The Hall–Kier alpha value is -0.770. The minimum Gasteiger partial charge on any atom is -0.490 e. The first-order valence-corrected chi connectivity index (χ1v) is 7.97. The van der Waals surface area contributed by atoms with Crippen LogP contribution in [0.2, 0.25) is 0 Å². The van der Waals surface area contributed by atoms with Crippen molar-refractivity contribution in [1.29, 1.82) is 0 Å². The Bertz CT molecular complexity index is 512. The molecule has 112 valence electrons. The molecular weight excluding hydrogens is 290 g/mol. The van der Waals surface area contributed by atoms with Crippen LogP contribution in [0.1, 0.15) is 39.5 Å². The Morgan fingerprint density at radius 1 is 1.30 bits per heavy atom. The molecule has 0 amide bonds. The Labute approximate surface area is 131 Å². The van der Waals surface area contributed by atoms with Crippen molar-refractivity contribution in [2.75, 3.05) is 0 Å². The van der Waals surface area contributed by atoms with Crippen LogP contribution in [0, 0.1) is 0 Å². The predicted molar refractivity (Wildman–Crippen MR) is 91.3 cm³/mol. The summed E-state index contributed by atoms with van der Waals surface area (Å²) >= 11 is 1.76. The summed E-state index contributed by atoms with van der Waals surface area (Å²) in [5.74, 6) is 1.00. The van der Waals surface area contributed by atoms with Crippen LogP contribution < -0.4 is 10.5 Å². The molecule has 0 fully saturated rings. The molecule has 1 aromatic heterocycles. The highest BCUT2D eigenvalue weighted by Gasteiger charge is 2.14. The molecule has 0 saturated carbocycles. The van der Waals surface area contributed by atoms with E-state index in [0.717, 1.165) is 18.6 Å². The average molecular weight is 314 g/mol. The quantitative estimate of drug-likeness (QED) is 0.781. The largest absolute Gasteiger partial charge is 0.490 e. The summed E-state index contributed by atoms with van der Waals surface area (Å²) in [6, 6.07) is 8.59. The van der Waals surface area contributed by atoms with Crippen LogP contribution in [0.25, 0.3) is 10.1 Å². The minimum atomic E-state index is 0. The zero-order chi connectivity index (χ0) is 13.7. The number of ether oxygens (including phenoxy) is 1. The highest BCUT2D eigenvalue weighted by molar-refractivity contribution is 7.17. The number of thiophene rings is 1. The molecule has 2 unspecified atom stereocenters. The van der Waals surface area contributed by atoms with E-state index in [1.165, 1.54) is 22.9 Å². The van der Waals surface area contributed by atoms with Gasteiger partial charge in [-0.1, -0.05) is 25.8 Å². The molecule has 0 spiro atoms. The molecule has 0 saturated heterocycles. The lowest BCUT2D eigenvalue weighted by Gasteiger charge is -2.21. The van der Waals surface area contributed by atoms with Gasteiger partial charge in [-0.2, -0.15) is 0 Å². The van der Waals surface area contributed by atoms with E-state index >= 15 is 0 Å². The first kappa shape index (κ1) is 17.3. The lowest BCUT2D eigenvalue weighted by Crippen LogP contribution is -2.27. The van der Waals surface area contributed by atoms with Crippen LogP contribution in [0.15, 0.2) is 29.6 Å². The van der Waals surface area contributed by atoms with Gasteiger partial charge in [0.1, 0.15) is 11.9 Å². The number of nitrogens with two attached hydrogens (primary N) is 1. The molecule has 4 heteroatoms. The molecule has 1 aromatic carbocycles. The van der Waals surface area contributed by atoms with Gasteiger partial charge in [0, 0.05) is 16.1 Å². The van der Waals surface area contributed by atoms with Gasteiger partial charge in [0.15, 0.2) is 0 Å². The highest BCUT2D eigenvalue weighted by atomic mass is 35.5. The summed E-state index contributed by atoms with van der Waals surface area (Å²) in [4.78, 5) is 0. The number of benzene rings is 1. The third-order valence-corrected chi connectivity index (χ3v) is 4.15. The molecular formula is C16H24ClNOS. The van der Waals surface area contributed by atoms with Gasteiger partial charge >= 0.3 is 0 Å². The maximum Gasteiger partial charge on any atom is 0.128 e. The van der Waals surface area contributed by atoms with Gasteiger partial charge < -0.3 is 10.5 Å². The van der Waals surface area contributed by atoms with Gasteiger partial charge in [0.25, 0.3) is 0 Å². The van der Waals surface area contributed by atoms with Gasteiger partial charge in [-0.3, -0.25) is 0 Å². The number of fused-ring (bicyclic) bond motifs is 1. The van der Waals surface area contributed by atoms with Gasteiger partial charge in [-0.25, -0.2) is 0 Å². The van der Waals surface area contributed by atoms with E-state index in [9.17, 15) is 0 Å². The van der Waals surface area contributed by atoms with Crippen LogP contribution in [-0.2, 0) is 0 Å². The van der Waals surface area contributed by atoms with Crippen molar-refractivity contribution in [3.05, 3.63) is 29.6 Å². The number of hydrogen-bond donors (Lipinski definition) is 1. The van der Waals surface area contributed by atoms with Gasteiger partial charge in [0.2, 0.25) is 0 Å². The molecule has 0 aliphatic carbocycles. The highest BCUT2D eigenvalue weighted by Crippen LogP contribution is 2.31. The average Bonchev–Trinajstić information content (AvgIpc) is 2.84. The molecule has 0 bridgehead atoms. The SMILES string of the molecule is CCCCC(CC(C)N)Oc1cccc2sccc12.Cl.